The van der Waals surface area contributed by atoms with Gasteiger partial charge in [0.15, 0.2) is 9.84 Å². The zero-order valence-electron chi connectivity index (χ0n) is 22.2. The number of benzene rings is 1. The van der Waals surface area contributed by atoms with Gasteiger partial charge in [0.2, 0.25) is 0 Å². The molecule has 0 saturated heterocycles. The Kier molecular flexibility index (Phi) is 7.92. The van der Waals surface area contributed by atoms with Gasteiger partial charge in [-0.3, -0.25) is 9.69 Å². The van der Waals surface area contributed by atoms with Crippen LogP contribution < -0.4 is 4.90 Å². The van der Waals surface area contributed by atoms with Crippen molar-refractivity contribution in [3.63, 3.8) is 0 Å². The van der Waals surface area contributed by atoms with Gasteiger partial charge in [0, 0.05) is 12.2 Å². The standard InChI is InChI=1S/C28H37N3O5S/c1-5-6-7-8-9-16-37(34,35)22-11-13-25-20(17-22)14-15-31(25)26(32)23-12-10-21-18-30(19-24(21)29-23)27(33)36-28(2,3)4/h10-13,17H,5-9,14-16,18-19H2,1-4H3. The first kappa shape index (κ1) is 27.1. The van der Waals surface area contributed by atoms with E-state index in [1.165, 1.54) is 0 Å². The number of fused-ring (bicyclic) bond motifs is 2. The Morgan fingerprint density at radius 1 is 1.00 bits per heavy atom. The van der Waals surface area contributed by atoms with Crippen LogP contribution in [0.3, 0.4) is 0 Å². The Morgan fingerprint density at radius 2 is 1.76 bits per heavy atom. The molecule has 0 atom stereocenters. The van der Waals surface area contributed by atoms with Gasteiger partial charge in [-0.2, -0.15) is 0 Å². The van der Waals surface area contributed by atoms with Gasteiger partial charge in [-0.05, 0) is 69.0 Å². The molecule has 2 aromatic rings. The minimum absolute atomic E-state index is 0.150. The van der Waals surface area contributed by atoms with Crippen LogP contribution in [0, 0.1) is 0 Å². The number of pyridine rings is 1. The predicted octanol–water partition coefficient (Wildman–Crippen LogP) is 5.28. The van der Waals surface area contributed by atoms with Crippen molar-refractivity contribution in [2.75, 3.05) is 17.2 Å². The SMILES string of the molecule is CCCCCCCS(=O)(=O)c1ccc2c(c1)CCN2C(=O)c1ccc2c(n1)CN(C(=O)OC(C)(C)C)C2. The van der Waals surface area contributed by atoms with Crippen molar-refractivity contribution in [2.45, 2.75) is 89.8 Å². The van der Waals surface area contributed by atoms with Gasteiger partial charge in [0.25, 0.3) is 5.91 Å². The molecule has 1 aromatic heterocycles. The summed E-state index contributed by atoms with van der Waals surface area (Å²) in [7, 11) is -3.35. The number of nitrogens with zero attached hydrogens (tertiary/aromatic N) is 3. The van der Waals surface area contributed by atoms with Crippen molar-refractivity contribution >= 4 is 27.5 Å². The molecule has 0 unspecified atom stereocenters. The average Bonchev–Trinajstić information content (AvgIpc) is 3.46. The molecular weight excluding hydrogens is 490 g/mol. The van der Waals surface area contributed by atoms with Crippen LogP contribution in [0.4, 0.5) is 10.5 Å². The highest BCUT2D eigenvalue weighted by Gasteiger charge is 2.32. The van der Waals surface area contributed by atoms with Crippen molar-refractivity contribution in [1.82, 2.24) is 9.88 Å². The summed E-state index contributed by atoms with van der Waals surface area (Å²) in [6.45, 7) is 8.77. The highest BCUT2D eigenvalue weighted by Crippen LogP contribution is 2.32. The molecule has 2 amide bonds. The maximum absolute atomic E-state index is 13.4. The van der Waals surface area contributed by atoms with Crippen LogP contribution in [-0.2, 0) is 34.1 Å². The summed E-state index contributed by atoms with van der Waals surface area (Å²) < 4.78 is 31.1. The molecule has 0 spiro atoms. The van der Waals surface area contributed by atoms with Crippen LogP contribution in [0.1, 0.15) is 87.1 Å². The third-order valence-corrected chi connectivity index (χ3v) is 8.51. The van der Waals surface area contributed by atoms with Crippen molar-refractivity contribution in [2.24, 2.45) is 0 Å². The number of unbranched alkanes of at least 4 members (excludes halogenated alkanes) is 4. The molecule has 0 radical (unpaired) electrons. The number of rotatable bonds is 8. The lowest BCUT2D eigenvalue weighted by molar-refractivity contribution is 0.0240. The fourth-order valence-corrected chi connectivity index (χ4v) is 6.18. The molecule has 0 aliphatic carbocycles. The molecule has 37 heavy (non-hydrogen) atoms. The Hall–Kier alpha value is -2.94. The lowest BCUT2D eigenvalue weighted by Gasteiger charge is -2.23. The second kappa shape index (κ2) is 10.8. The topological polar surface area (TPSA) is 96.9 Å². The van der Waals surface area contributed by atoms with Gasteiger partial charge in [-0.1, -0.05) is 38.7 Å². The van der Waals surface area contributed by atoms with E-state index in [-0.39, 0.29) is 11.7 Å². The lowest BCUT2D eigenvalue weighted by atomic mass is 10.1. The van der Waals surface area contributed by atoms with Crippen molar-refractivity contribution in [3.8, 4) is 0 Å². The smallest absolute Gasteiger partial charge is 0.410 e. The first-order valence-electron chi connectivity index (χ1n) is 13.1. The van der Waals surface area contributed by atoms with Crippen LogP contribution in [0.15, 0.2) is 35.2 Å². The molecule has 4 rings (SSSR count). The summed E-state index contributed by atoms with van der Waals surface area (Å²) in [5, 5.41) is 0. The minimum atomic E-state index is -3.35. The molecular formula is C28H37N3O5S. The predicted molar refractivity (Wildman–Crippen MR) is 142 cm³/mol. The van der Waals surface area contributed by atoms with Gasteiger partial charge >= 0.3 is 6.09 Å². The summed E-state index contributed by atoms with van der Waals surface area (Å²) in [4.78, 5) is 34.0. The second-order valence-corrected chi connectivity index (χ2v) is 13.0. The quantitative estimate of drug-likeness (QED) is 0.434. The van der Waals surface area contributed by atoms with E-state index in [0.29, 0.717) is 48.8 Å². The van der Waals surface area contributed by atoms with E-state index in [1.807, 2.05) is 26.8 Å². The Morgan fingerprint density at radius 3 is 2.49 bits per heavy atom. The third-order valence-electron chi connectivity index (χ3n) is 6.71. The third kappa shape index (κ3) is 6.32. The summed E-state index contributed by atoms with van der Waals surface area (Å²) in [5.74, 6) is -0.0823. The Bertz CT molecular complexity index is 1280. The molecule has 0 fully saturated rings. The minimum Gasteiger partial charge on any atom is -0.444 e. The number of sulfone groups is 1. The Labute approximate surface area is 219 Å². The molecule has 0 saturated carbocycles. The molecule has 2 aliphatic heterocycles. The molecule has 3 heterocycles. The van der Waals surface area contributed by atoms with Crippen LogP contribution >= 0.6 is 0 Å². The van der Waals surface area contributed by atoms with Crippen molar-refractivity contribution in [3.05, 3.63) is 52.8 Å². The van der Waals surface area contributed by atoms with Gasteiger partial charge in [-0.15, -0.1) is 0 Å². The summed E-state index contributed by atoms with van der Waals surface area (Å²) in [6.07, 6.45) is 5.09. The molecule has 9 heteroatoms. The van der Waals surface area contributed by atoms with Crippen LogP contribution in [0.2, 0.25) is 0 Å². The van der Waals surface area contributed by atoms with Crippen LogP contribution in [0.25, 0.3) is 0 Å². The molecule has 200 valence electrons. The first-order chi connectivity index (χ1) is 17.5. The number of amides is 2. The Balaban J connectivity index is 1.44. The highest BCUT2D eigenvalue weighted by atomic mass is 32.2. The molecule has 8 nitrogen and oxygen atoms in total. The number of anilines is 1. The van der Waals surface area contributed by atoms with Gasteiger partial charge in [-0.25, -0.2) is 18.2 Å². The number of aromatic nitrogens is 1. The molecule has 0 N–H and O–H groups in total. The van der Waals surface area contributed by atoms with Gasteiger partial charge in [0.05, 0.1) is 29.4 Å². The lowest BCUT2D eigenvalue weighted by Crippen LogP contribution is -2.33. The van der Waals surface area contributed by atoms with E-state index in [9.17, 15) is 18.0 Å². The fraction of sp³-hybridized carbons (Fsp3) is 0.536. The number of hydrogen-bond donors (Lipinski definition) is 0. The molecule has 2 aliphatic rings. The summed E-state index contributed by atoms with van der Waals surface area (Å²) >= 11 is 0. The normalized spacial score (nSPS) is 15.0. The summed E-state index contributed by atoms with van der Waals surface area (Å²) in [6, 6.07) is 8.60. The van der Waals surface area contributed by atoms with Crippen LogP contribution in [-0.4, -0.2) is 48.2 Å². The van der Waals surface area contributed by atoms with E-state index >= 15 is 0 Å². The highest BCUT2D eigenvalue weighted by molar-refractivity contribution is 7.91. The second-order valence-electron chi connectivity index (χ2n) is 10.9. The van der Waals surface area contributed by atoms with Gasteiger partial charge < -0.3 is 9.64 Å². The summed E-state index contributed by atoms with van der Waals surface area (Å²) in [5.41, 5.74) is 2.89. The maximum atomic E-state index is 13.4. The van der Waals surface area contributed by atoms with E-state index in [4.69, 9.17) is 4.74 Å². The van der Waals surface area contributed by atoms with Crippen molar-refractivity contribution < 1.29 is 22.7 Å². The van der Waals surface area contributed by atoms with Gasteiger partial charge in [0.1, 0.15) is 11.3 Å². The van der Waals surface area contributed by atoms with Crippen LogP contribution in [0.5, 0.6) is 0 Å². The average molecular weight is 528 g/mol. The maximum Gasteiger partial charge on any atom is 0.410 e. The fourth-order valence-electron chi connectivity index (χ4n) is 4.76. The van der Waals surface area contributed by atoms with E-state index in [0.717, 1.165) is 42.5 Å². The number of carbonyl (C=O) groups is 2. The van der Waals surface area contributed by atoms with E-state index in [2.05, 4.69) is 11.9 Å². The first-order valence-corrected chi connectivity index (χ1v) is 14.8. The monoisotopic (exact) mass is 527 g/mol. The molecule has 1 aromatic carbocycles. The number of ether oxygens (including phenoxy) is 1. The molecule has 0 bridgehead atoms. The van der Waals surface area contributed by atoms with Crippen molar-refractivity contribution in [1.29, 1.82) is 0 Å². The van der Waals surface area contributed by atoms with E-state index in [1.54, 1.807) is 34.1 Å². The number of hydrogen-bond acceptors (Lipinski definition) is 6. The zero-order valence-corrected chi connectivity index (χ0v) is 23.1. The number of carbonyl (C=O) groups excluding carboxylic acids is 2. The zero-order chi connectivity index (χ0) is 26.8. The van der Waals surface area contributed by atoms with E-state index < -0.39 is 21.5 Å². The largest absolute Gasteiger partial charge is 0.444 e.